The van der Waals surface area contributed by atoms with Gasteiger partial charge in [-0.05, 0) is 24.1 Å². The molecule has 1 amide bonds. The molecule has 0 saturated carbocycles. The zero-order valence-corrected chi connectivity index (χ0v) is 14.8. The van der Waals surface area contributed by atoms with Crippen molar-refractivity contribution >= 4 is 29.1 Å². The minimum Gasteiger partial charge on any atom is -0.337 e. The van der Waals surface area contributed by atoms with Crippen molar-refractivity contribution in [2.75, 3.05) is 26.2 Å². The SMILES string of the molecule is O=C(c1cncc(Cl)c1)N1CCCN(Cc2ccccc2Cl)CC1. The van der Waals surface area contributed by atoms with E-state index in [1.165, 1.54) is 6.20 Å². The fraction of sp³-hybridized carbons (Fsp3) is 0.333. The lowest BCUT2D eigenvalue weighted by Gasteiger charge is -2.22. The first-order chi connectivity index (χ1) is 11.6. The number of nitrogens with zero attached hydrogens (tertiary/aromatic N) is 3. The van der Waals surface area contributed by atoms with E-state index in [0.29, 0.717) is 17.1 Å². The van der Waals surface area contributed by atoms with E-state index >= 15 is 0 Å². The maximum absolute atomic E-state index is 12.6. The highest BCUT2D eigenvalue weighted by atomic mass is 35.5. The lowest BCUT2D eigenvalue weighted by molar-refractivity contribution is 0.0760. The molecule has 2 aromatic rings. The van der Waals surface area contributed by atoms with Crippen LogP contribution in [0.5, 0.6) is 0 Å². The molecule has 0 unspecified atom stereocenters. The fourth-order valence-corrected chi connectivity index (χ4v) is 3.28. The second-order valence-electron chi connectivity index (χ2n) is 5.91. The number of hydrogen-bond acceptors (Lipinski definition) is 3. The first-order valence-corrected chi connectivity index (χ1v) is 8.74. The largest absolute Gasteiger partial charge is 0.337 e. The molecular formula is C18H19Cl2N3O. The zero-order valence-electron chi connectivity index (χ0n) is 13.3. The highest BCUT2D eigenvalue weighted by molar-refractivity contribution is 6.31. The van der Waals surface area contributed by atoms with Crippen molar-refractivity contribution in [2.24, 2.45) is 0 Å². The summed E-state index contributed by atoms with van der Waals surface area (Å²) >= 11 is 12.2. The lowest BCUT2D eigenvalue weighted by atomic mass is 10.2. The molecule has 0 atom stereocenters. The number of hydrogen-bond donors (Lipinski definition) is 0. The number of pyridine rings is 1. The van der Waals surface area contributed by atoms with Crippen molar-refractivity contribution in [1.29, 1.82) is 0 Å². The molecular weight excluding hydrogens is 345 g/mol. The molecule has 1 fully saturated rings. The Hall–Kier alpha value is -1.62. The Morgan fingerprint density at radius 3 is 2.71 bits per heavy atom. The van der Waals surface area contributed by atoms with Crippen molar-refractivity contribution in [2.45, 2.75) is 13.0 Å². The van der Waals surface area contributed by atoms with Crippen molar-refractivity contribution in [3.05, 3.63) is 63.9 Å². The minimum atomic E-state index is -0.00964. The number of amides is 1. The molecule has 1 aromatic carbocycles. The molecule has 126 valence electrons. The number of halogens is 2. The molecule has 0 aliphatic carbocycles. The molecule has 6 heteroatoms. The standard InChI is InChI=1S/C18H19Cl2N3O/c19-16-10-15(11-21-12-16)18(24)23-7-3-6-22(8-9-23)13-14-4-1-2-5-17(14)20/h1-2,4-5,10-12H,3,6-9,13H2. The third-order valence-electron chi connectivity index (χ3n) is 4.18. The average molecular weight is 364 g/mol. The molecule has 1 aliphatic heterocycles. The quantitative estimate of drug-likeness (QED) is 0.833. The molecule has 1 saturated heterocycles. The van der Waals surface area contributed by atoms with Crippen LogP contribution in [0, 0.1) is 0 Å². The number of carbonyl (C=O) groups is 1. The summed E-state index contributed by atoms with van der Waals surface area (Å²) in [6.45, 7) is 4.01. The van der Waals surface area contributed by atoms with Crippen LogP contribution in [0.4, 0.5) is 0 Å². The average Bonchev–Trinajstić information content (AvgIpc) is 2.82. The summed E-state index contributed by atoms with van der Waals surface area (Å²) in [5.41, 5.74) is 1.67. The van der Waals surface area contributed by atoms with Crippen LogP contribution in [-0.2, 0) is 6.54 Å². The molecule has 0 spiro atoms. The number of carbonyl (C=O) groups excluding carboxylic acids is 1. The van der Waals surface area contributed by atoms with Crippen LogP contribution in [0.25, 0.3) is 0 Å². The summed E-state index contributed by atoms with van der Waals surface area (Å²) in [5, 5.41) is 1.27. The molecule has 1 aromatic heterocycles. The zero-order chi connectivity index (χ0) is 16.9. The summed E-state index contributed by atoms with van der Waals surface area (Å²) in [5.74, 6) is -0.00964. The van der Waals surface area contributed by atoms with Gasteiger partial charge in [0.15, 0.2) is 0 Å². The monoisotopic (exact) mass is 363 g/mol. The van der Waals surface area contributed by atoms with Crippen LogP contribution in [-0.4, -0.2) is 46.9 Å². The summed E-state index contributed by atoms with van der Waals surface area (Å²) < 4.78 is 0. The summed E-state index contributed by atoms with van der Waals surface area (Å²) in [6.07, 6.45) is 4.04. The molecule has 1 aliphatic rings. The predicted octanol–water partition coefficient (Wildman–Crippen LogP) is 3.74. The van der Waals surface area contributed by atoms with E-state index in [-0.39, 0.29) is 5.91 Å². The second-order valence-corrected chi connectivity index (χ2v) is 6.75. The van der Waals surface area contributed by atoms with Crippen molar-refractivity contribution < 1.29 is 4.79 Å². The maximum atomic E-state index is 12.6. The van der Waals surface area contributed by atoms with Crippen LogP contribution < -0.4 is 0 Å². The third kappa shape index (κ3) is 4.26. The van der Waals surface area contributed by atoms with Crippen molar-refractivity contribution in [1.82, 2.24) is 14.8 Å². The lowest BCUT2D eigenvalue weighted by Crippen LogP contribution is -2.35. The van der Waals surface area contributed by atoms with Gasteiger partial charge in [0.25, 0.3) is 5.91 Å². The summed E-state index contributed by atoms with van der Waals surface area (Å²) in [7, 11) is 0. The van der Waals surface area contributed by atoms with Gasteiger partial charge in [-0.15, -0.1) is 0 Å². The number of rotatable bonds is 3. The van der Waals surface area contributed by atoms with Gasteiger partial charge in [0.2, 0.25) is 0 Å². The van der Waals surface area contributed by atoms with Gasteiger partial charge >= 0.3 is 0 Å². The van der Waals surface area contributed by atoms with Gasteiger partial charge < -0.3 is 4.90 Å². The van der Waals surface area contributed by atoms with Gasteiger partial charge in [0, 0.05) is 50.1 Å². The van der Waals surface area contributed by atoms with E-state index in [1.807, 2.05) is 29.2 Å². The highest BCUT2D eigenvalue weighted by Crippen LogP contribution is 2.18. The van der Waals surface area contributed by atoms with E-state index in [2.05, 4.69) is 9.88 Å². The van der Waals surface area contributed by atoms with Crippen molar-refractivity contribution in [3.63, 3.8) is 0 Å². The molecule has 2 heterocycles. The minimum absolute atomic E-state index is 0.00964. The third-order valence-corrected chi connectivity index (χ3v) is 4.75. The van der Waals surface area contributed by atoms with Crippen LogP contribution in [0.1, 0.15) is 22.3 Å². The Bertz CT molecular complexity index is 723. The van der Waals surface area contributed by atoms with E-state index in [0.717, 1.165) is 43.2 Å². The van der Waals surface area contributed by atoms with Gasteiger partial charge in [0.1, 0.15) is 0 Å². The normalized spacial score (nSPS) is 16.0. The Balaban J connectivity index is 1.63. The second kappa shape index (κ2) is 7.97. The van der Waals surface area contributed by atoms with Crippen LogP contribution in [0.3, 0.4) is 0 Å². The molecule has 0 N–H and O–H groups in total. The fourth-order valence-electron chi connectivity index (χ4n) is 2.91. The first kappa shape index (κ1) is 17.2. The first-order valence-electron chi connectivity index (χ1n) is 7.99. The van der Waals surface area contributed by atoms with Gasteiger partial charge in [-0.1, -0.05) is 41.4 Å². The van der Waals surface area contributed by atoms with Crippen molar-refractivity contribution in [3.8, 4) is 0 Å². The smallest absolute Gasteiger partial charge is 0.255 e. The van der Waals surface area contributed by atoms with Gasteiger partial charge in [-0.2, -0.15) is 0 Å². The molecule has 24 heavy (non-hydrogen) atoms. The topological polar surface area (TPSA) is 36.4 Å². The molecule has 4 nitrogen and oxygen atoms in total. The molecule has 3 rings (SSSR count). The predicted molar refractivity (Wildman–Crippen MR) is 96.5 cm³/mol. The van der Waals surface area contributed by atoms with Crippen LogP contribution >= 0.6 is 23.2 Å². The van der Waals surface area contributed by atoms with Crippen LogP contribution in [0.15, 0.2) is 42.7 Å². The van der Waals surface area contributed by atoms with Gasteiger partial charge in [0.05, 0.1) is 10.6 Å². The van der Waals surface area contributed by atoms with Gasteiger partial charge in [-0.25, -0.2) is 0 Å². The summed E-state index contributed by atoms with van der Waals surface area (Å²) in [6, 6.07) is 9.57. The Morgan fingerprint density at radius 2 is 1.92 bits per heavy atom. The molecule has 0 radical (unpaired) electrons. The van der Waals surface area contributed by atoms with E-state index in [9.17, 15) is 4.79 Å². The highest BCUT2D eigenvalue weighted by Gasteiger charge is 2.21. The van der Waals surface area contributed by atoms with E-state index in [4.69, 9.17) is 23.2 Å². The van der Waals surface area contributed by atoms with E-state index in [1.54, 1.807) is 12.3 Å². The van der Waals surface area contributed by atoms with E-state index < -0.39 is 0 Å². The number of benzene rings is 1. The Kier molecular flexibility index (Phi) is 5.72. The number of aromatic nitrogens is 1. The van der Waals surface area contributed by atoms with Crippen LogP contribution in [0.2, 0.25) is 10.0 Å². The Labute approximate surface area is 152 Å². The summed E-state index contributed by atoms with van der Waals surface area (Å²) in [4.78, 5) is 20.8. The Morgan fingerprint density at radius 1 is 1.08 bits per heavy atom. The maximum Gasteiger partial charge on any atom is 0.255 e. The molecule has 0 bridgehead atoms. The van der Waals surface area contributed by atoms with Gasteiger partial charge in [-0.3, -0.25) is 14.7 Å².